The number of hydrogen-bond donors (Lipinski definition) is 3. The molecular formula is C17H26N2O5S. The lowest BCUT2D eigenvalue weighted by Gasteiger charge is -2.18. The minimum absolute atomic E-state index is 0.0432. The smallest absolute Gasteiger partial charge is 0.335 e. The van der Waals surface area contributed by atoms with E-state index in [1.54, 1.807) is 6.92 Å². The molecule has 1 fully saturated rings. The first-order chi connectivity index (χ1) is 11.8. The predicted molar refractivity (Wildman–Crippen MR) is 95.6 cm³/mol. The molecule has 0 amide bonds. The van der Waals surface area contributed by atoms with Crippen molar-refractivity contribution in [2.45, 2.75) is 56.6 Å². The molecular weight excluding hydrogens is 344 g/mol. The fourth-order valence-electron chi connectivity index (χ4n) is 2.87. The molecule has 3 N–H and O–H groups in total. The molecule has 0 aromatic heterocycles. The molecule has 8 heteroatoms. The third-order valence-corrected chi connectivity index (χ3v) is 5.77. The van der Waals surface area contributed by atoms with E-state index in [1.165, 1.54) is 18.2 Å². The molecule has 25 heavy (non-hydrogen) atoms. The molecule has 1 aromatic carbocycles. The molecule has 0 bridgehead atoms. The summed E-state index contributed by atoms with van der Waals surface area (Å²) in [6.45, 7) is 4.97. The van der Waals surface area contributed by atoms with Crippen LogP contribution in [-0.2, 0) is 14.8 Å². The lowest BCUT2D eigenvalue weighted by atomic mass is 10.2. The highest BCUT2D eigenvalue weighted by Gasteiger charge is 2.23. The summed E-state index contributed by atoms with van der Waals surface area (Å²) in [5.41, 5.74) is 0.322. The first-order valence-corrected chi connectivity index (χ1v) is 10.1. The Morgan fingerprint density at radius 3 is 2.80 bits per heavy atom. The Morgan fingerprint density at radius 2 is 2.20 bits per heavy atom. The normalized spacial score (nSPS) is 18.9. The maximum Gasteiger partial charge on any atom is 0.335 e. The molecule has 140 valence electrons. The van der Waals surface area contributed by atoms with Gasteiger partial charge in [-0.05, 0) is 44.4 Å². The van der Waals surface area contributed by atoms with Gasteiger partial charge in [-0.3, -0.25) is 0 Å². The molecule has 0 saturated carbocycles. The van der Waals surface area contributed by atoms with Crippen LogP contribution in [0.25, 0.3) is 0 Å². The molecule has 1 aliphatic heterocycles. The summed E-state index contributed by atoms with van der Waals surface area (Å²) in [6, 6.07) is 3.86. The summed E-state index contributed by atoms with van der Waals surface area (Å²) >= 11 is 0. The highest BCUT2D eigenvalue weighted by atomic mass is 32.2. The van der Waals surface area contributed by atoms with E-state index in [1.807, 2.05) is 6.92 Å². The number of ether oxygens (including phenoxy) is 1. The number of rotatable bonds is 9. The summed E-state index contributed by atoms with van der Waals surface area (Å²) in [5, 5.41) is 12.3. The van der Waals surface area contributed by atoms with Crippen LogP contribution in [0.5, 0.6) is 0 Å². The Morgan fingerprint density at radius 1 is 1.44 bits per heavy atom. The Balaban J connectivity index is 2.27. The van der Waals surface area contributed by atoms with E-state index in [2.05, 4.69) is 10.0 Å². The monoisotopic (exact) mass is 370 g/mol. The van der Waals surface area contributed by atoms with Crippen molar-refractivity contribution in [1.29, 1.82) is 0 Å². The second-order valence-corrected chi connectivity index (χ2v) is 8.03. The topological polar surface area (TPSA) is 105 Å². The molecule has 0 spiro atoms. The van der Waals surface area contributed by atoms with E-state index in [-0.39, 0.29) is 22.6 Å². The van der Waals surface area contributed by atoms with Crippen molar-refractivity contribution in [1.82, 2.24) is 4.72 Å². The van der Waals surface area contributed by atoms with E-state index in [0.717, 1.165) is 19.3 Å². The van der Waals surface area contributed by atoms with E-state index in [9.17, 15) is 18.3 Å². The van der Waals surface area contributed by atoms with Crippen molar-refractivity contribution in [3.8, 4) is 0 Å². The van der Waals surface area contributed by atoms with Crippen LogP contribution < -0.4 is 10.0 Å². The van der Waals surface area contributed by atoms with Crippen LogP contribution in [-0.4, -0.2) is 44.8 Å². The minimum Gasteiger partial charge on any atom is -0.478 e. The van der Waals surface area contributed by atoms with Crippen LogP contribution in [0.3, 0.4) is 0 Å². The van der Waals surface area contributed by atoms with Gasteiger partial charge in [-0.1, -0.05) is 13.3 Å². The van der Waals surface area contributed by atoms with Crippen LogP contribution in [0, 0.1) is 0 Å². The molecule has 1 aliphatic rings. The maximum absolute atomic E-state index is 12.7. The Kier molecular flexibility index (Phi) is 6.80. The molecule has 2 atom stereocenters. The molecule has 1 aromatic rings. The summed E-state index contributed by atoms with van der Waals surface area (Å²) in [5.74, 6) is -1.16. The Bertz CT molecular complexity index is 699. The quantitative estimate of drug-likeness (QED) is 0.617. The van der Waals surface area contributed by atoms with Gasteiger partial charge in [-0.25, -0.2) is 17.9 Å². The Labute approximate surface area is 148 Å². The third kappa shape index (κ3) is 5.42. The van der Waals surface area contributed by atoms with Crippen LogP contribution in [0.2, 0.25) is 0 Å². The van der Waals surface area contributed by atoms with Crippen LogP contribution in [0.15, 0.2) is 23.1 Å². The van der Waals surface area contributed by atoms with Crippen molar-refractivity contribution in [2.75, 3.05) is 18.5 Å². The standard InChI is InChI=1S/C17H26N2O5S/c1-3-5-12(2)19-25(22,23)16-10-13(17(20)21)7-8-15(16)18-11-14-6-4-9-24-14/h7-8,10,12,14,18-19H,3-6,9,11H2,1-2H3,(H,20,21)/t12-,14-/m1/s1. The van der Waals surface area contributed by atoms with Gasteiger partial charge in [0.05, 0.1) is 17.4 Å². The summed E-state index contributed by atoms with van der Waals surface area (Å²) in [6.07, 6.45) is 3.51. The minimum atomic E-state index is -3.83. The lowest BCUT2D eigenvalue weighted by molar-refractivity contribution is 0.0696. The van der Waals surface area contributed by atoms with E-state index in [0.29, 0.717) is 25.3 Å². The van der Waals surface area contributed by atoms with Crippen molar-refractivity contribution in [2.24, 2.45) is 0 Å². The van der Waals surface area contributed by atoms with Crippen molar-refractivity contribution >= 4 is 21.7 Å². The van der Waals surface area contributed by atoms with Gasteiger partial charge < -0.3 is 15.2 Å². The summed E-state index contributed by atoms with van der Waals surface area (Å²) in [4.78, 5) is 11.2. The van der Waals surface area contributed by atoms with Gasteiger partial charge >= 0.3 is 5.97 Å². The molecule has 0 radical (unpaired) electrons. The SMILES string of the molecule is CCC[C@@H](C)NS(=O)(=O)c1cc(C(=O)O)ccc1NC[C@H]1CCCO1. The van der Waals surface area contributed by atoms with Gasteiger partial charge in [-0.2, -0.15) is 0 Å². The number of sulfonamides is 1. The average molecular weight is 370 g/mol. The second kappa shape index (κ2) is 8.64. The van der Waals surface area contributed by atoms with Gasteiger partial charge in [0.25, 0.3) is 0 Å². The van der Waals surface area contributed by atoms with Gasteiger partial charge in [-0.15, -0.1) is 0 Å². The maximum atomic E-state index is 12.7. The van der Waals surface area contributed by atoms with Crippen molar-refractivity contribution in [3.05, 3.63) is 23.8 Å². The molecule has 7 nitrogen and oxygen atoms in total. The summed E-state index contributed by atoms with van der Waals surface area (Å²) in [7, 11) is -3.83. The van der Waals surface area contributed by atoms with E-state index >= 15 is 0 Å². The predicted octanol–water partition coefficient (Wildman–Crippen LogP) is 2.44. The zero-order valence-electron chi connectivity index (χ0n) is 14.6. The van der Waals surface area contributed by atoms with Gasteiger partial charge in [0, 0.05) is 19.2 Å². The number of carboxylic acid groups (broad SMARTS) is 1. The highest BCUT2D eigenvalue weighted by Crippen LogP contribution is 2.24. The average Bonchev–Trinajstić information content (AvgIpc) is 3.05. The molecule has 0 aliphatic carbocycles. The number of nitrogens with one attached hydrogen (secondary N) is 2. The molecule has 1 saturated heterocycles. The van der Waals surface area contributed by atoms with Crippen LogP contribution in [0.4, 0.5) is 5.69 Å². The molecule has 2 rings (SSSR count). The largest absolute Gasteiger partial charge is 0.478 e. The number of anilines is 1. The number of benzene rings is 1. The number of aromatic carboxylic acids is 1. The van der Waals surface area contributed by atoms with Crippen molar-refractivity contribution in [3.63, 3.8) is 0 Å². The van der Waals surface area contributed by atoms with Crippen LogP contribution >= 0.6 is 0 Å². The highest BCUT2D eigenvalue weighted by molar-refractivity contribution is 7.89. The second-order valence-electron chi connectivity index (χ2n) is 6.34. The number of carbonyl (C=O) groups is 1. The fourth-order valence-corrected chi connectivity index (χ4v) is 4.36. The zero-order chi connectivity index (χ0) is 18.4. The van der Waals surface area contributed by atoms with Gasteiger partial charge in [0.15, 0.2) is 0 Å². The Hall–Kier alpha value is -1.64. The van der Waals surface area contributed by atoms with Gasteiger partial charge in [0.2, 0.25) is 10.0 Å². The third-order valence-electron chi connectivity index (χ3n) is 4.14. The molecule has 0 unspecified atom stereocenters. The molecule has 1 heterocycles. The number of carboxylic acids is 1. The first kappa shape index (κ1) is 19.7. The fraction of sp³-hybridized carbons (Fsp3) is 0.588. The van der Waals surface area contributed by atoms with E-state index in [4.69, 9.17) is 4.74 Å². The summed E-state index contributed by atoms with van der Waals surface area (Å²) < 4.78 is 33.6. The number of hydrogen-bond acceptors (Lipinski definition) is 5. The van der Waals surface area contributed by atoms with Crippen LogP contribution in [0.1, 0.15) is 49.9 Å². The van der Waals surface area contributed by atoms with Gasteiger partial charge in [0.1, 0.15) is 4.90 Å². The zero-order valence-corrected chi connectivity index (χ0v) is 15.4. The lowest BCUT2D eigenvalue weighted by Crippen LogP contribution is -2.33. The van der Waals surface area contributed by atoms with Crippen molar-refractivity contribution < 1.29 is 23.1 Å². The first-order valence-electron chi connectivity index (χ1n) is 8.58. The van der Waals surface area contributed by atoms with E-state index < -0.39 is 16.0 Å².